The highest BCUT2D eigenvalue weighted by atomic mass is 32.2. The molecule has 4 rings (SSSR count). The molecule has 7 nitrogen and oxygen atoms in total. The molecule has 1 fully saturated rings. The van der Waals surface area contributed by atoms with Gasteiger partial charge in [0, 0.05) is 24.8 Å². The Morgan fingerprint density at radius 1 is 1.14 bits per heavy atom. The van der Waals surface area contributed by atoms with Crippen molar-refractivity contribution in [3.63, 3.8) is 0 Å². The van der Waals surface area contributed by atoms with Crippen molar-refractivity contribution in [1.29, 1.82) is 0 Å². The molecule has 3 heterocycles. The zero-order valence-corrected chi connectivity index (χ0v) is 17.9. The third-order valence-corrected chi connectivity index (χ3v) is 7.68. The maximum absolute atomic E-state index is 12.6. The number of pyridine rings is 1. The average Bonchev–Trinajstić information content (AvgIpc) is 3.41. The van der Waals surface area contributed by atoms with Gasteiger partial charge in [-0.2, -0.15) is 4.31 Å². The average molecular weight is 431 g/mol. The molecule has 0 aliphatic carbocycles. The molecule has 1 aliphatic heterocycles. The van der Waals surface area contributed by atoms with E-state index in [2.05, 4.69) is 15.2 Å². The Morgan fingerprint density at radius 2 is 1.93 bits per heavy atom. The van der Waals surface area contributed by atoms with Crippen LogP contribution < -0.4 is 0 Å². The van der Waals surface area contributed by atoms with Crippen molar-refractivity contribution in [3.05, 3.63) is 54.0 Å². The molecule has 1 aliphatic rings. The second kappa shape index (κ2) is 8.25. The van der Waals surface area contributed by atoms with Gasteiger partial charge in [-0.1, -0.05) is 29.5 Å². The molecule has 2 aromatic heterocycles. The molecule has 1 saturated heterocycles. The minimum Gasteiger partial charge on any atom is -0.419 e. The van der Waals surface area contributed by atoms with E-state index >= 15 is 0 Å². The van der Waals surface area contributed by atoms with E-state index in [9.17, 15) is 8.42 Å². The van der Waals surface area contributed by atoms with Crippen LogP contribution in [0.1, 0.15) is 36.5 Å². The van der Waals surface area contributed by atoms with Crippen LogP contribution in [0.15, 0.2) is 56.9 Å². The Balaban J connectivity index is 1.45. The summed E-state index contributed by atoms with van der Waals surface area (Å²) in [4.78, 5) is 4.56. The van der Waals surface area contributed by atoms with E-state index in [1.165, 1.54) is 22.3 Å². The Hall–Kier alpha value is -2.23. The van der Waals surface area contributed by atoms with E-state index in [1.54, 1.807) is 12.1 Å². The fraction of sp³-hybridized carbons (Fsp3) is 0.350. The number of aryl methyl sites for hydroxylation is 1. The number of hydrogen-bond donors (Lipinski definition) is 0. The van der Waals surface area contributed by atoms with Crippen LogP contribution in [0.25, 0.3) is 11.5 Å². The lowest BCUT2D eigenvalue weighted by molar-refractivity contribution is 0.477. The summed E-state index contributed by atoms with van der Waals surface area (Å²) in [7, 11) is -3.45. The summed E-state index contributed by atoms with van der Waals surface area (Å²) in [5.41, 5.74) is 2.01. The summed E-state index contributed by atoms with van der Waals surface area (Å²) in [6.07, 6.45) is 3.24. The number of nitrogens with zero attached hydrogens (tertiary/aromatic N) is 4. The highest BCUT2D eigenvalue weighted by Gasteiger charge is 2.27. The summed E-state index contributed by atoms with van der Waals surface area (Å²) in [5.74, 6) is 0.984. The second-order valence-corrected chi connectivity index (χ2v) is 10.3. The molecule has 1 unspecified atom stereocenters. The summed E-state index contributed by atoms with van der Waals surface area (Å²) < 4.78 is 32.5. The van der Waals surface area contributed by atoms with Gasteiger partial charge in [0.25, 0.3) is 0 Å². The van der Waals surface area contributed by atoms with E-state index in [4.69, 9.17) is 4.42 Å². The van der Waals surface area contributed by atoms with Crippen LogP contribution >= 0.6 is 11.8 Å². The van der Waals surface area contributed by atoms with Gasteiger partial charge in [-0.05, 0) is 51.0 Å². The van der Waals surface area contributed by atoms with Crippen LogP contribution in [0.4, 0.5) is 0 Å². The zero-order chi connectivity index (χ0) is 20.4. The van der Waals surface area contributed by atoms with Gasteiger partial charge in [-0.15, -0.1) is 10.2 Å². The van der Waals surface area contributed by atoms with Gasteiger partial charge in [-0.3, -0.25) is 0 Å². The fourth-order valence-electron chi connectivity index (χ4n) is 3.19. The van der Waals surface area contributed by atoms with Gasteiger partial charge in [0.15, 0.2) is 0 Å². The highest BCUT2D eigenvalue weighted by molar-refractivity contribution is 7.99. The Kier molecular flexibility index (Phi) is 5.71. The lowest BCUT2D eigenvalue weighted by Gasteiger charge is -2.15. The van der Waals surface area contributed by atoms with Gasteiger partial charge >= 0.3 is 0 Å². The predicted molar refractivity (Wildman–Crippen MR) is 111 cm³/mol. The summed E-state index contributed by atoms with van der Waals surface area (Å²) in [5, 5.41) is 8.89. The highest BCUT2D eigenvalue weighted by Crippen LogP contribution is 2.34. The van der Waals surface area contributed by atoms with Gasteiger partial charge in [0.2, 0.25) is 21.8 Å². The first-order valence-corrected chi connectivity index (χ1v) is 11.8. The molecule has 0 N–H and O–H groups in total. The molecular weight excluding hydrogens is 408 g/mol. The molecule has 0 bridgehead atoms. The third-order valence-electron chi connectivity index (χ3n) is 4.76. The molecule has 3 aromatic rings. The molecule has 29 heavy (non-hydrogen) atoms. The molecule has 0 radical (unpaired) electrons. The largest absolute Gasteiger partial charge is 0.419 e. The van der Waals surface area contributed by atoms with Crippen LogP contribution in [0.5, 0.6) is 0 Å². The van der Waals surface area contributed by atoms with Gasteiger partial charge < -0.3 is 4.42 Å². The van der Waals surface area contributed by atoms with Crippen molar-refractivity contribution >= 4 is 21.8 Å². The standard InChI is InChI=1S/C20H22N4O3S2/c1-14-6-5-7-16(12-14)20-23-22-19(27-20)15(2)28-18-9-8-17(13-21-18)29(25,26)24-10-3-4-11-24/h5-9,12-13,15H,3-4,10-11H2,1-2H3. The third kappa shape index (κ3) is 4.36. The normalized spacial score (nSPS) is 16.2. The monoisotopic (exact) mass is 430 g/mol. The minimum atomic E-state index is -3.45. The molecule has 1 atom stereocenters. The maximum atomic E-state index is 12.6. The summed E-state index contributed by atoms with van der Waals surface area (Å²) in [6, 6.07) is 11.2. The van der Waals surface area contributed by atoms with E-state index in [-0.39, 0.29) is 10.1 Å². The maximum Gasteiger partial charge on any atom is 0.247 e. The van der Waals surface area contributed by atoms with Crippen LogP contribution in [0.3, 0.4) is 0 Å². The summed E-state index contributed by atoms with van der Waals surface area (Å²) in [6.45, 7) is 5.12. The van der Waals surface area contributed by atoms with Crippen molar-refractivity contribution in [3.8, 4) is 11.5 Å². The predicted octanol–water partition coefficient (Wildman–Crippen LogP) is 4.08. The molecule has 9 heteroatoms. The molecular formula is C20H22N4O3S2. The van der Waals surface area contributed by atoms with Crippen molar-refractivity contribution in [1.82, 2.24) is 19.5 Å². The summed E-state index contributed by atoms with van der Waals surface area (Å²) >= 11 is 1.44. The molecule has 0 spiro atoms. The van der Waals surface area contributed by atoms with Gasteiger partial charge in [-0.25, -0.2) is 13.4 Å². The number of sulfonamides is 1. The smallest absolute Gasteiger partial charge is 0.247 e. The second-order valence-electron chi connectivity index (χ2n) is 7.02. The first kappa shape index (κ1) is 20.1. The minimum absolute atomic E-state index is 0.116. The number of thioether (sulfide) groups is 1. The van der Waals surface area contributed by atoms with Gasteiger partial charge in [0.05, 0.1) is 10.3 Å². The number of aromatic nitrogens is 3. The van der Waals surface area contributed by atoms with E-state index in [1.807, 2.05) is 38.1 Å². The van der Waals surface area contributed by atoms with Crippen LogP contribution in [-0.4, -0.2) is 41.0 Å². The zero-order valence-electron chi connectivity index (χ0n) is 16.3. The fourth-order valence-corrected chi connectivity index (χ4v) is 5.47. The first-order chi connectivity index (χ1) is 13.9. The molecule has 152 valence electrons. The van der Waals surface area contributed by atoms with Crippen LogP contribution in [0.2, 0.25) is 0 Å². The number of rotatable bonds is 6. The first-order valence-electron chi connectivity index (χ1n) is 9.47. The van der Waals surface area contributed by atoms with E-state index in [0.29, 0.717) is 29.9 Å². The SMILES string of the molecule is Cc1cccc(-c2nnc(C(C)Sc3ccc(S(=O)(=O)N4CCCC4)cn3)o2)c1. The van der Waals surface area contributed by atoms with Crippen LogP contribution in [-0.2, 0) is 10.0 Å². The van der Waals surface area contributed by atoms with Crippen molar-refractivity contribution in [2.45, 2.75) is 41.9 Å². The molecule has 1 aromatic carbocycles. The van der Waals surface area contributed by atoms with Crippen molar-refractivity contribution < 1.29 is 12.8 Å². The lowest BCUT2D eigenvalue weighted by atomic mass is 10.1. The number of benzene rings is 1. The Morgan fingerprint density at radius 3 is 2.62 bits per heavy atom. The van der Waals surface area contributed by atoms with E-state index in [0.717, 1.165) is 24.0 Å². The Bertz CT molecular complexity index is 1090. The quantitative estimate of drug-likeness (QED) is 0.544. The Labute approximate surface area is 174 Å². The van der Waals surface area contributed by atoms with Crippen molar-refractivity contribution in [2.75, 3.05) is 13.1 Å². The molecule has 0 saturated carbocycles. The van der Waals surface area contributed by atoms with E-state index < -0.39 is 10.0 Å². The van der Waals surface area contributed by atoms with Gasteiger partial charge in [0.1, 0.15) is 4.90 Å². The van der Waals surface area contributed by atoms with Crippen LogP contribution in [0, 0.1) is 6.92 Å². The number of hydrogen-bond acceptors (Lipinski definition) is 7. The molecule has 0 amide bonds. The lowest BCUT2D eigenvalue weighted by Crippen LogP contribution is -2.27. The topological polar surface area (TPSA) is 89.2 Å². The van der Waals surface area contributed by atoms with Crippen molar-refractivity contribution in [2.24, 2.45) is 0 Å².